The molecule has 0 aliphatic rings. The third-order valence-electron chi connectivity index (χ3n) is 2.32. The van der Waals surface area contributed by atoms with Crippen LogP contribution in [0.25, 0.3) is 0 Å². The number of carbonyl (C=O) groups excluding carboxylic acids is 1. The van der Waals surface area contributed by atoms with Gasteiger partial charge in [0.2, 0.25) is 0 Å². The highest BCUT2D eigenvalue weighted by Crippen LogP contribution is 2.23. The molecule has 0 aliphatic heterocycles. The van der Waals surface area contributed by atoms with Gasteiger partial charge >= 0.3 is 0 Å². The van der Waals surface area contributed by atoms with E-state index in [2.05, 4.69) is 5.32 Å². The van der Waals surface area contributed by atoms with E-state index in [-0.39, 0.29) is 16.9 Å². The lowest BCUT2D eigenvalue weighted by Crippen LogP contribution is -2.35. The van der Waals surface area contributed by atoms with Crippen molar-refractivity contribution in [2.75, 3.05) is 18.4 Å². The number of rotatable bonds is 6. The molecular formula is C10H12F2N4O3. The molecule has 5 N–H and O–H groups in total. The first-order valence-corrected chi connectivity index (χ1v) is 5.17. The predicted octanol–water partition coefficient (Wildman–Crippen LogP) is 0.700. The van der Waals surface area contributed by atoms with Gasteiger partial charge in [0.1, 0.15) is 0 Å². The molecule has 0 unspecified atom stereocenters. The van der Waals surface area contributed by atoms with E-state index in [9.17, 15) is 23.7 Å². The molecule has 0 saturated heterocycles. The summed E-state index contributed by atoms with van der Waals surface area (Å²) in [6.07, 6.45) is 0. The Balaban J connectivity index is 3.01. The number of anilines is 1. The smallest absolute Gasteiger partial charge is 0.276 e. The van der Waals surface area contributed by atoms with E-state index in [1.807, 2.05) is 0 Å². The summed E-state index contributed by atoms with van der Waals surface area (Å²) in [5, 5.41) is 12.8. The summed E-state index contributed by atoms with van der Waals surface area (Å²) >= 11 is 0. The number of non-ortho nitro benzene ring substituents is 1. The van der Waals surface area contributed by atoms with Crippen LogP contribution in [0.1, 0.15) is 10.4 Å². The van der Waals surface area contributed by atoms with Gasteiger partial charge in [0.05, 0.1) is 23.6 Å². The van der Waals surface area contributed by atoms with Gasteiger partial charge < -0.3 is 16.8 Å². The molecule has 0 radical (unpaired) electrons. The van der Waals surface area contributed by atoms with Crippen LogP contribution < -0.4 is 16.8 Å². The maximum absolute atomic E-state index is 13.0. The third-order valence-corrected chi connectivity index (χ3v) is 2.32. The highest BCUT2D eigenvalue weighted by molar-refractivity contribution is 5.99. The van der Waals surface area contributed by atoms with Gasteiger partial charge in [-0.25, -0.2) is 8.78 Å². The van der Waals surface area contributed by atoms with E-state index < -0.39 is 29.8 Å². The minimum Gasteiger partial charge on any atom is -0.378 e. The number of primary amides is 1. The molecule has 0 heterocycles. The van der Waals surface area contributed by atoms with Gasteiger partial charge in [-0.3, -0.25) is 14.9 Å². The molecule has 0 atom stereocenters. The van der Waals surface area contributed by atoms with Crippen molar-refractivity contribution in [1.82, 2.24) is 0 Å². The Kier molecular flexibility index (Phi) is 4.33. The van der Waals surface area contributed by atoms with Crippen LogP contribution in [0.2, 0.25) is 0 Å². The van der Waals surface area contributed by atoms with Gasteiger partial charge in [-0.15, -0.1) is 0 Å². The van der Waals surface area contributed by atoms with Gasteiger partial charge in [0.25, 0.3) is 17.5 Å². The number of nitrogens with zero attached hydrogens (tertiary/aromatic N) is 1. The normalized spacial score (nSPS) is 11.1. The molecule has 7 nitrogen and oxygen atoms in total. The number of amides is 1. The van der Waals surface area contributed by atoms with Crippen LogP contribution >= 0.6 is 0 Å². The van der Waals surface area contributed by atoms with Gasteiger partial charge in [-0.1, -0.05) is 0 Å². The van der Waals surface area contributed by atoms with E-state index in [1.165, 1.54) is 0 Å². The summed E-state index contributed by atoms with van der Waals surface area (Å²) in [4.78, 5) is 21.0. The number of halogens is 2. The zero-order valence-electron chi connectivity index (χ0n) is 9.73. The van der Waals surface area contributed by atoms with Crippen LogP contribution in [0.3, 0.4) is 0 Å². The largest absolute Gasteiger partial charge is 0.378 e. The SMILES string of the molecule is NCC(F)(F)CNc1ccc([N+](=O)[O-])cc1C(N)=O. The maximum Gasteiger partial charge on any atom is 0.276 e. The number of hydrogen-bond donors (Lipinski definition) is 3. The van der Waals surface area contributed by atoms with Crippen LogP contribution in [0.15, 0.2) is 18.2 Å². The maximum atomic E-state index is 13.0. The second-order valence-corrected chi connectivity index (χ2v) is 3.76. The molecule has 0 aliphatic carbocycles. The number of nitro benzene ring substituents is 1. The Labute approximate surface area is 106 Å². The van der Waals surface area contributed by atoms with Crippen molar-refractivity contribution in [3.63, 3.8) is 0 Å². The molecule has 0 fully saturated rings. The van der Waals surface area contributed by atoms with Gasteiger partial charge in [0.15, 0.2) is 0 Å². The summed E-state index contributed by atoms with van der Waals surface area (Å²) in [7, 11) is 0. The lowest BCUT2D eigenvalue weighted by molar-refractivity contribution is -0.384. The number of carbonyl (C=O) groups is 1. The van der Waals surface area contributed by atoms with E-state index in [1.54, 1.807) is 0 Å². The van der Waals surface area contributed by atoms with Crippen molar-refractivity contribution in [3.8, 4) is 0 Å². The molecule has 1 aromatic carbocycles. The van der Waals surface area contributed by atoms with Crippen LogP contribution in [0.5, 0.6) is 0 Å². The van der Waals surface area contributed by atoms with E-state index in [4.69, 9.17) is 11.5 Å². The number of nitrogens with one attached hydrogen (secondary N) is 1. The zero-order chi connectivity index (χ0) is 14.6. The predicted molar refractivity (Wildman–Crippen MR) is 64.1 cm³/mol. The average molecular weight is 274 g/mol. The van der Waals surface area contributed by atoms with Crippen LogP contribution in [-0.4, -0.2) is 29.8 Å². The summed E-state index contributed by atoms with van der Waals surface area (Å²) in [6.45, 7) is -1.67. The molecule has 1 aromatic rings. The number of benzene rings is 1. The highest BCUT2D eigenvalue weighted by Gasteiger charge is 2.27. The molecule has 104 valence electrons. The lowest BCUT2D eigenvalue weighted by Gasteiger charge is -2.16. The molecule has 19 heavy (non-hydrogen) atoms. The van der Waals surface area contributed by atoms with Crippen molar-refractivity contribution in [2.24, 2.45) is 11.5 Å². The Morgan fingerprint density at radius 3 is 2.58 bits per heavy atom. The Morgan fingerprint density at radius 1 is 1.47 bits per heavy atom. The van der Waals surface area contributed by atoms with Gasteiger partial charge in [-0.2, -0.15) is 0 Å². The first kappa shape index (κ1) is 14.8. The summed E-state index contributed by atoms with van der Waals surface area (Å²) in [5.74, 6) is -4.11. The highest BCUT2D eigenvalue weighted by atomic mass is 19.3. The Hall–Kier alpha value is -2.29. The summed E-state index contributed by atoms with van der Waals surface area (Å²) in [6, 6.07) is 3.14. The van der Waals surface area contributed by atoms with E-state index in [0.717, 1.165) is 18.2 Å². The van der Waals surface area contributed by atoms with Crippen molar-refractivity contribution in [1.29, 1.82) is 0 Å². The lowest BCUT2D eigenvalue weighted by atomic mass is 10.1. The van der Waals surface area contributed by atoms with Crippen molar-refractivity contribution < 1.29 is 18.5 Å². The summed E-state index contributed by atoms with van der Waals surface area (Å²) < 4.78 is 25.9. The minimum absolute atomic E-state index is 0.00812. The van der Waals surface area contributed by atoms with Crippen molar-refractivity contribution in [3.05, 3.63) is 33.9 Å². The zero-order valence-corrected chi connectivity index (χ0v) is 9.73. The Morgan fingerprint density at radius 2 is 2.11 bits per heavy atom. The minimum atomic E-state index is -3.16. The first-order valence-electron chi connectivity index (χ1n) is 5.17. The fraction of sp³-hybridized carbons (Fsp3) is 0.300. The van der Waals surface area contributed by atoms with Crippen LogP contribution in [0, 0.1) is 10.1 Å². The van der Waals surface area contributed by atoms with Gasteiger partial charge in [-0.05, 0) is 6.07 Å². The topological polar surface area (TPSA) is 124 Å². The van der Waals surface area contributed by atoms with Crippen LogP contribution in [0.4, 0.5) is 20.2 Å². The van der Waals surface area contributed by atoms with Crippen LogP contribution in [-0.2, 0) is 0 Å². The second kappa shape index (κ2) is 5.57. The number of nitrogens with two attached hydrogens (primary N) is 2. The molecule has 0 aromatic heterocycles. The standard InChI is InChI=1S/C10H12F2N4O3/c11-10(12,4-13)5-15-8-2-1-6(16(18)19)3-7(8)9(14)17/h1-3,15H,4-5,13H2,(H2,14,17). The molecule has 1 rings (SSSR count). The second-order valence-electron chi connectivity index (χ2n) is 3.76. The monoisotopic (exact) mass is 274 g/mol. The quantitative estimate of drug-likeness (QED) is 0.520. The Bertz CT molecular complexity index is 508. The summed E-state index contributed by atoms with van der Waals surface area (Å²) in [5.41, 5.74) is 9.30. The number of nitro groups is 1. The van der Waals surface area contributed by atoms with E-state index >= 15 is 0 Å². The fourth-order valence-electron chi connectivity index (χ4n) is 1.30. The van der Waals surface area contributed by atoms with Crippen molar-refractivity contribution >= 4 is 17.3 Å². The molecule has 1 amide bonds. The number of alkyl halides is 2. The average Bonchev–Trinajstić information content (AvgIpc) is 2.36. The van der Waals surface area contributed by atoms with Crippen molar-refractivity contribution in [2.45, 2.75) is 5.92 Å². The first-order chi connectivity index (χ1) is 8.76. The third kappa shape index (κ3) is 3.85. The van der Waals surface area contributed by atoms with Gasteiger partial charge in [0, 0.05) is 17.8 Å². The molecule has 0 spiro atoms. The van der Waals surface area contributed by atoms with E-state index in [0.29, 0.717) is 0 Å². The number of hydrogen-bond acceptors (Lipinski definition) is 5. The molecule has 9 heteroatoms. The molecule has 0 saturated carbocycles. The molecule has 0 bridgehead atoms. The molecular weight excluding hydrogens is 262 g/mol. The fourth-order valence-corrected chi connectivity index (χ4v) is 1.30.